The van der Waals surface area contributed by atoms with E-state index < -0.39 is 27.2 Å². The van der Waals surface area contributed by atoms with Crippen LogP contribution in [-0.4, -0.2) is 47.7 Å². The molecular weight excluding hydrogens is 432 g/mol. The first-order valence-electron chi connectivity index (χ1n) is 9.66. The van der Waals surface area contributed by atoms with Gasteiger partial charge in [-0.1, -0.05) is 17.7 Å². The molecule has 1 heterocycles. The summed E-state index contributed by atoms with van der Waals surface area (Å²) in [4.78, 5) is 31.3. The van der Waals surface area contributed by atoms with Crippen molar-refractivity contribution in [2.45, 2.75) is 25.7 Å². The minimum Gasteiger partial charge on any atom is -0.493 e. The maximum atomic E-state index is 12.5. The third-order valence-electron chi connectivity index (χ3n) is 4.94. The van der Waals surface area contributed by atoms with Crippen molar-refractivity contribution in [1.82, 2.24) is 13.9 Å². The zero-order chi connectivity index (χ0) is 23.8. The van der Waals surface area contributed by atoms with E-state index in [1.807, 2.05) is 32.9 Å². The van der Waals surface area contributed by atoms with Crippen LogP contribution in [0, 0.1) is 20.8 Å². The number of benzene rings is 2. The summed E-state index contributed by atoms with van der Waals surface area (Å²) in [6, 6.07) is 9.48. The molecule has 2 aromatic carbocycles. The van der Waals surface area contributed by atoms with Crippen LogP contribution in [0.5, 0.6) is 5.88 Å². The Morgan fingerprint density at radius 3 is 2.12 bits per heavy atom. The highest BCUT2D eigenvalue weighted by atomic mass is 32.2. The minimum atomic E-state index is -3.58. The lowest BCUT2D eigenvalue weighted by atomic mass is 10.0. The molecule has 3 aromatic rings. The Labute approximate surface area is 185 Å². The molecule has 32 heavy (non-hydrogen) atoms. The normalized spacial score (nSPS) is 12.1. The monoisotopic (exact) mass is 456 g/mol. The van der Waals surface area contributed by atoms with Crippen LogP contribution in [0.4, 0.5) is 5.69 Å². The quantitative estimate of drug-likeness (QED) is 0.569. The van der Waals surface area contributed by atoms with Gasteiger partial charge in [-0.3, -0.25) is 14.8 Å². The lowest BCUT2D eigenvalue weighted by Crippen LogP contribution is -2.32. The average molecular weight is 457 g/mol. The molecule has 0 aliphatic carbocycles. The third kappa shape index (κ3) is 4.27. The summed E-state index contributed by atoms with van der Waals surface area (Å²) in [5.41, 5.74) is 1.60. The van der Waals surface area contributed by atoms with E-state index in [0.29, 0.717) is 11.4 Å². The molecule has 0 fully saturated rings. The molecule has 10 heteroatoms. The Morgan fingerprint density at radius 1 is 1.03 bits per heavy atom. The van der Waals surface area contributed by atoms with Gasteiger partial charge in [0.1, 0.15) is 5.56 Å². The average Bonchev–Trinajstić information content (AvgIpc) is 2.69. The van der Waals surface area contributed by atoms with E-state index in [2.05, 4.69) is 9.98 Å². The first kappa shape index (κ1) is 23.2. The first-order valence-corrected chi connectivity index (χ1v) is 11.1. The fourth-order valence-electron chi connectivity index (χ4n) is 3.44. The summed E-state index contributed by atoms with van der Waals surface area (Å²) in [5, 5.41) is 10.8. The van der Waals surface area contributed by atoms with Gasteiger partial charge in [0.25, 0.3) is 5.56 Å². The van der Waals surface area contributed by atoms with Crippen molar-refractivity contribution in [2.75, 3.05) is 14.1 Å². The zero-order valence-corrected chi connectivity index (χ0v) is 19.2. The molecule has 0 saturated carbocycles. The molecule has 0 saturated heterocycles. The van der Waals surface area contributed by atoms with Gasteiger partial charge in [-0.15, -0.1) is 0 Å². The largest absolute Gasteiger partial charge is 0.493 e. The van der Waals surface area contributed by atoms with E-state index in [1.165, 1.54) is 38.4 Å². The lowest BCUT2D eigenvalue weighted by Gasteiger charge is -2.15. The second kappa shape index (κ2) is 8.56. The molecule has 3 rings (SSSR count). The SMILES string of the molecule is Cc1cc(C)c(-n2c(O)c(C=Nc3ccc(S(=O)(=O)N(C)C)cc3)c(=O)[nH]c2=O)c(C)c1. The predicted octanol–water partition coefficient (Wildman–Crippen LogP) is 2.16. The van der Waals surface area contributed by atoms with Crippen molar-refractivity contribution < 1.29 is 13.5 Å². The fraction of sp³-hybridized carbons (Fsp3) is 0.227. The summed E-state index contributed by atoms with van der Waals surface area (Å²) < 4.78 is 26.5. The van der Waals surface area contributed by atoms with Crippen molar-refractivity contribution in [1.29, 1.82) is 0 Å². The van der Waals surface area contributed by atoms with E-state index in [0.717, 1.165) is 31.8 Å². The first-order chi connectivity index (χ1) is 14.9. The van der Waals surface area contributed by atoms with Gasteiger partial charge in [-0.2, -0.15) is 0 Å². The smallest absolute Gasteiger partial charge is 0.335 e. The summed E-state index contributed by atoms with van der Waals surface area (Å²) in [6.45, 7) is 5.54. The van der Waals surface area contributed by atoms with Crippen molar-refractivity contribution in [3.63, 3.8) is 0 Å². The Morgan fingerprint density at radius 2 is 1.59 bits per heavy atom. The molecule has 0 radical (unpaired) electrons. The van der Waals surface area contributed by atoms with Crippen LogP contribution in [-0.2, 0) is 10.0 Å². The number of sulfonamides is 1. The summed E-state index contributed by atoms with van der Waals surface area (Å²) in [7, 11) is -0.711. The summed E-state index contributed by atoms with van der Waals surface area (Å²) >= 11 is 0. The number of aliphatic imine (C=N–C) groups is 1. The van der Waals surface area contributed by atoms with Gasteiger partial charge >= 0.3 is 5.69 Å². The number of aromatic amines is 1. The summed E-state index contributed by atoms with van der Waals surface area (Å²) in [5.74, 6) is -0.538. The standard InChI is InChI=1S/C22H24N4O5S/c1-13-10-14(2)19(15(3)11-13)26-21(28)18(20(27)24-22(26)29)12-23-16-6-8-17(9-7-16)32(30,31)25(4)5/h6-12,28H,1-5H3,(H,24,27,29). The number of nitrogens with one attached hydrogen (secondary N) is 1. The van der Waals surface area contributed by atoms with Gasteiger partial charge in [0.2, 0.25) is 15.9 Å². The van der Waals surface area contributed by atoms with Crippen molar-refractivity contribution >= 4 is 21.9 Å². The van der Waals surface area contributed by atoms with Crippen LogP contribution in [0.1, 0.15) is 22.3 Å². The van der Waals surface area contributed by atoms with Crippen molar-refractivity contribution in [3.8, 4) is 11.6 Å². The van der Waals surface area contributed by atoms with Crippen molar-refractivity contribution in [3.05, 3.63) is 79.5 Å². The highest BCUT2D eigenvalue weighted by Gasteiger charge is 2.18. The number of aromatic nitrogens is 2. The Kier molecular flexibility index (Phi) is 6.20. The number of aromatic hydroxyl groups is 1. The maximum Gasteiger partial charge on any atom is 0.335 e. The van der Waals surface area contributed by atoms with Gasteiger partial charge in [0, 0.05) is 20.3 Å². The predicted molar refractivity (Wildman–Crippen MR) is 123 cm³/mol. The van der Waals surface area contributed by atoms with E-state index >= 15 is 0 Å². The van der Waals surface area contributed by atoms with Crippen LogP contribution in [0.15, 0.2) is 55.9 Å². The molecule has 0 aliphatic heterocycles. The number of hydrogen-bond donors (Lipinski definition) is 2. The topological polar surface area (TPSA) is 125 Å². The van der Waals surface area contributed by atoms with Crippen LogP contribution in [0.3, 0.4) is 0 Å². The van der Waals surface area contributed by atoms with Gasteiger partial charge < -0.3 is 5.11 Å². The Hall–Kier alpha value is -3.50. The van der Waals surface area contributed by atoms with Crippen LogP contribution in [0.25, 0.3) is 5.69 Å². The molecule has 168 valence electrons. The van der Waals surface area contributed by atoms with E-state index in [1.54, 1.807) is 0 Å². The van der Waals surface area contributed by atoms with Crippen LogP contribution < -0.4 is 11.2 Å². The Bertz CT molecular complexity index is 1410. The highest BCUT2D eigenvalue weighted by molar-refractivity contribution is 7.89. The Balaban J connectivity index is 2.07. The molecule has 9 nitrogen and oxygen atoms in total. The van der Waals surface area contributed by atoms with E-state index in [4.69, 9.17) is 0 Å². The molecule has 0 unspecified atom stereocenters. The molecule has 1 aromatic heterocycles. The molecular formula is C22H24N4O5S. The van der Waals surface area contributed by atoms with Gasteiger partial charge in [0.05, 0.1) is 16.3 Å². The van der Waals surface area contributed by atoms with Crippen LogP contribution in [0.2, 0.25) is 0 Å². The van der Waals surface area contributed by atoms with Gasteiger partial charge in [-0.05, 0) is 56.2 Å². The maximum absolute atomic E-state index is 12.5. The second-order valence-corrected chi connectivity index (χ2v) is 9.77. The molecule has 0 aliphatic rings. The number of H-pyrrole nitrogens is 1. The number of nitrogens with zero attached hydrogens (tertiary/aromatic N) is 3. The van der Waals surface area contributed by atoms with Crippen LogP contribution >= 0.6 is 0 Å². The minimum absolute atomic E-state index is 0.0982. The lowest BCUT2D eigenvalue weighted by molar-refractivity contribution is 0.429. The third-order valence-corrected chi connectivity index (χ3v) is 6.77. The molecule has 2 N–H and O–H groups in total. The highest BCUT2D eigenvalue weighted by Crippen LogP contribution is 2.24. The number of aryl methyl sites for hydroxylation is 3. The van der Waals surface area contributed by atoms with Gasteiger partial charge in [0.15, 0.2) is 0 Å². The van der Waals surface area contributed by atoms with E-state index in [9.17, 15) is 23.1 Å². The number of rotatable bonds is 5. The van der Waals surface area contributed by atoms with Gasteiger partial charge in [-0.25, -0.2) is 22.1 Å². The molecule has 0 atom stereocenters. The molecule has 0 bridgehead atoms. The fourth-order valence-corrected chi connectivity index (χ4v) is 4.34. The molecule has 0 amide bonds. The van der Waals surface area contributed by atoms with Crippen molar-refractivity contribution in [2.24, 2.45) is 4.99 Å². The molecule has 0 spiro atoms. The van der Waals surface area contributed by atoms with E-state index in [-0.39, 0.29) is 10.5 Å². The second-order valence-electron chi connectivity index (χ2n) is 7.62. The zero-order valence-electron chi connectivity index (χ0n) is 18.4. The summed E-state index contributed by atoms with van der Waals surface area (Å²) in [6.07, 6.45) is 1.14. The number of hydrogen-bond acceptors (Lipinski definition) is 6.